The lowest BCUT2D eigenvalue weighted by atomic mass is 9.78. The van der Waals surface area contributed by atoms with Crippen molar-refractivity contribution in [3.8, 4) is 5.75 Å². The predicted octanol–water partition coefficient (Wildman–Crippen LogP) is 9.54. The zero-order valence-corrected chi connectivity index (χ0v) is 22.2. The number of unbranched alkanes of at least 4 members (excludes halogenated alkanes) is 8. The molecule has 0 fully saturated rings. The maximum absolute atomic E-state index is 13.4. The first-order valence-corrected chi connectivity index (χ1v) is 14.7. The van der Waals surface area contributed by atoms with Crippen LogP contribution in [0.25, 0.3) is 0 Å². The van der Waals surface area contributed by atoms with Gasteiger partial charge in [0, 0.05) is 5.41 Å². The lowest BCUT2D eigenvalue weighted by Crippen LogP contribution is -2.18. The van der Waals surface area contributed by atoms with Crippen LogP contribution in [0.4, 0.5) is 0 Å². The predicted molar refractivity (Wildman–Crippen MR) is 142 cm³/mol. The summed E-state index contributed by atoms with van der Waals surface area (Å²) < 4.78 is 25.3. The third-order valence-corrected chi connectivity index (χ3v) is 8.32. The van der Waals surface area contributed by atoms with E-state index in [1.54, 1.807) is 0 Å². The largest absolute Gasteiger partial charge is 0.424 e. The Hall–Kier alpha value is -1.57. The van der Waals surface area contributed by atoms with Crippen molar-refractivity contribution in [1.29, 1.82) is 0 Å². The summed E-state index contributed by atoms with van der Waals surface area (Å²) >= 11 is 0. The maximum Gasteiger partial charge on any atom is 0.379 e. The fraction of sp³-hybridized carbons (Fsp3) is 0.586. The molecule has 0 N–H and O–H groups in total. The van der Waals surface area contributed by atoms with Crippen LogP contribution in [0, 0.1) is 0 Å². The van der Waals surface area contributed by atoms with Crippen LogP contribution in [0.2, 0.25) is 0 Å². The van der Waals surface area contributed by atoms with Crippen LogP contribution in [0.15, 0.2) is 54.6 Å². The topological polar surface area (TPSA) is 35.5 Å². The number of benzene rings is 2. The second-order valence-electron chi connectivity index (χ2n) is 9.60. The van der Waals surface area contributed by atoms with E-state index in [2.05, 4.69) is 64.1 Å². The summed E-state index contributed by atoms with van der Waals surface area (Å²) in [5.41, 5.74) is 2.35. The van der Waals surface area contributed by atoms with Gasteiger partial charge in [0.15, 0.2) is 0 Å². The van der Waals surface area contributed by atoms with Gasteiger partial charge in [-0.2, -0.15) is 0 Å². The fourth-order valence-corrected chi connectivity index (χ4v) is 5.87. The Kier molecular flexibility index (Phi) is 12.3. The highest BCUT2D eigenvalue weighted by molar-refractivity contribution is 7.54. The number of hydrogen-bond donors (Lipinski definition) is 0. The SMILES string of the molecule is CCCCCCCCCCOP(=O)(CCCC)Oc1ccc(C(C)(C)c2ccccc2)cc1. The van der Waals surface area contributed by atoms with Crippen LogP contribution in [0.5, 0.6) is 5.75 Å². The first-order valence-electron chi connectivity index (χ1n) is 13.0. The van der Waals surface area contributed by atoms with Crippen molar-refractivity contribution >= 4 is 7.60 Å². The van der Waals surface area contributed by atoms with E-state index < -0.39 is 7.60 Å². The molecule has 0 saturated carbocycles. The van der Waals surface area contributed by atoms with Crippen molar-refractivity contribution < 1.29 is 13.6 Å². The smallest absolute Gasteiger partial charge is 0.379 e. The Morgan fingerprint density at radius 3 is 1.85 bits per heavy atom. The van der Waals surface area contributed by atoms with Gasteiger partial charge in [0.05, 0.1) is 12.8 Å². The standard InChI is InChI=1S/C29H45O3P/c1-5-7-9-10-11-12-13-17-24-31-33(30,25-8-6-2)32-28-22-20-27(21-23-28)29(3,4)26-18-15-14-16-19-26/h14-16,18-23H,5-13,17,24-25H2,1-4H3. The van der Waals surface area contributed by atoms with Gasteiger partial charge in [0.1, 0.15) is 5.75 Å². The molecule has 0 aliphatic carbocycles. The summed E-state index contributed by atoms with van der Waals surface area (Å²) in [6, 6.07) is 18.5. The Bertz CT molecular complexity index is 815. The lowest BCUT2D eigenvalue weighted by Gasteiger charge is -2.26. The minimum Gasteiger partial charge on any atom is -0.424 e. The zero-order valence-electron chi connectivity index (χ0n) is 21.4. The summed E-state index contributed by atoms with van der Waals surface area (Å²) in [6.45, 7) is 9.29. The Morgan fingerprint density at radius 1 is 0.697 bits per heavy atom. The minimum absolute atomic E-state index is 0.112. The molecule has 0 aromatic heterocycles. The highest BCUT2D eigenvalue weighted by atomic mass is 31.2. The van der Waals surface area contributed by atoms with Gasteiger partial charge in [0.2, 0.25) is 0 Å². The lowest BCUT2D eigenvalue weighted by molar-refractivity contribution is 0.257. The van der Waals surface area contributed by atoms with E-state index in [4.69, 9.17) is 9.05 Å². The van der Waals surface area contributed by atoms with Crippen molar-refractivity contribution in [3.63, 3.8) is 0 Å². The maximum atomic E-state index is 13.4. The van der Waals surface area contributed by atoms with Gasteiger partial charge in [-0.3, -0.25) is 4.52 Å². The molecular formula is C29H45O3P. The highest BCUT2D eigenvalue weighted by Gasteiger charge is 2.27. The Balaban J connectivity index is 1.89. The first-order chi connectivity index (χ1) is 15.9. The minimum atomic E-state index is -3.14. The summed E-state index contributed by atoms with van der Waals surface area (Å²) in [6.07, 6.45) is 12.2. The van der Waals surface area contributed by atoms with E-state index in [1.807, 2.05) is 18.2 Å². The van der Waals surface area contributed by atoms with Gasteiger partial charge in [0.25, 0.3) is 0 Å². The van der Waals surface area contributed by atoms with Crippen molar-refractivity contribution in [2.75, 3.05) is 12.8 Å². The second kappa shape index (κ2) is 14.6. The number of rotatable bonds is 17. The number of hydrogen-bond acceptors (Lipinski definition) is 3. The molecule has 2 aromatic rings. The molecule has 0 spiro atoms. The van der Waals surface area contributed by atoms with E-state index in [0.717, 1.165) is 25.7 Å². The summed E-state index contributed by atoms with van der Waals surface area (Å²) in [7, 11) is -3.14. The molecular weight excluding hydrogens is 427 g/mol. The van der Waals surface area contributed by atoms with E-state index in [1.165, 1.54) is 49.7 Å². The third-order valence-electron chi connectivity index (χ3n) is 6.39. The molecule has 33 heavy (non-hydrogen) atoms. The summed E-state index contributed by atoms with van der Waals surface area (Å²) in [5, 5.41) is 0. The third kappa shape index (κ3) is 9.67. The van der Waals surface area contributed by atoms with Crippen LogP contribution in [0.1, 0.15) is 103 Å². The Labute approximate surface area is 202 Å². The normalized spacial score (nSPS) is 13.6. The molecule has 0 aliphatic heterocycles. The van der Waals surface area contributed by atoms with Gasteiger partial charge in [-0.1, -0.05) is 122 Å². The van der Waals surface area contributed by atoms with Crippen molar-refractivity contribution in [2.45, 2.75) is 97.3 Å². The molecule has 0 bridgehead atoms. The van der Waals surface area contributed by atoms with Crippen molar-refractivity contribution in [2.24, 2.45) is 0 Å². The average Bonchev–Trinajstić information content (AvgIpc) is 2.83. The molecule has 3 nitrogen and oxygen atoms in total. The van der Waals surface area contributed by atoms with Gasteiger partial charge < -0.3 is 4.52 Å². The zero-order chi connectivity index (χ0) is 24.0. The molecule has 0 saturated heterocycles. The summed E-state index contributed by atoms with van der Waals surface area (Å²) in [5.74, 6) is 0.623. The molecule has 0 amide bonds. The molecule has 184 valence electrons. The quantitative estimate of drug-likeness (QED) is 0.170. The second-order valence-corrected chi connectivity index (χ2v) is 11.7. The fourth-order valence-electron chi connectivity index (χ4n) is 4.04. The van der Waals surface area contributed by atoms with Crippen LogP contribution in [-0.2, 0) is 14.5 Å². The monoisotopic (exact) mass is 472 g/mol. The Morgan fingerprint density at radius 2 is 1.24 bits per heavy atom. The van der Waals surface area contributed by atoms with Crippen LogP contribution >= 0.6 is 7.60 Å². The molecule has 2 rings (SSSR count). The highest BCUT2D eigenvalue weighted by Crippen LogP contribution is 2.49. The molecule has 0 heterocycles. The molecule has 2 aromatic carbocycles. The average molecular weight is 473 g/mol. The first kappa shape index (κ1) is 27.7. The molecule has 0 aliphatic rings. The van der Waals surface area contributed by atoms with Crippen LogP contribution in [0.3, 0.4) is 0 Å². The van der Waals surface area contributed by atoms with E-state index in [0.29, 0.717) is 18.5 Å². The van der Waals surface area contributed by atoms with Gasteiger partial charge in [-0.15, -0.1) is 0 Å². The van der Waals surface area contributed by atoms with Gasteiger partial charge >= 0.3 is 7.60 Å². The van der Waals surface area contributed by atoms with Crippen molar-refractivity contribution in [1.82, 2.24) is 0 Å². The van der Waals surface area contributed by atoms with Gasteiger partial charge in [-0.25, -0.2) is 4.57 Å². The molecule has 4 heteroatoms. The van der Waals surface area contributed by atoms with Crippen molar-refractivity contribution in [3.05, 3.63) is 65.7 Å². The summed E-state index contributed by atoms with van der Waals surface area (Å²) in [4.78, 5) is 0. The molecule has 1 atom stereocenters. The molecule has 0 radical (unpaired) electrons. The van der Waals surface area contributed by atoms with E-state index in [9.17, 15) is 4.57 Å². The van der Waals surface area contributed by atoms with Crippen LogP contribution in [-0.4, -0.2) is 12.8 Å². The van der Waals surface area contributed by atoms with E-state index >= 15 is 0 Å². The van der Waals surface area contributed by atoms with Gasteiger partial charge in [-0.05, 0) is 36.1 Å². The van der Waals surface area contributed by atoms with Crippen LogP contribution < -0.4 is 4.52 Å². The van der Waals surface area contributed by atoms with E-state index in [-0.39, 0.29) is 5.41 Å². The molecule has 1 unspecified atom stereocenters.